The monoisotopic (exact) mass is 286 g/mol. The van der Waals surface area contributed by atoms with Crippen molar-refractivity contribution in [3.8, 4) is 17.2 Å². The number of esters is 1. The number of para-hydroxylation sites is 1. The minimum Gasteiger partial charge on any atom is -0.497 e. The molecule has 0 saturated heterocycles. The summed E-state index contributed by atoms with van der Waals surface area (Å²) < 4.78 is 15.6. The van der Waals surface area contributed by atoms with Gasteiger partial charge in [0, 0.05) is 0 Å². The molecule has 0 radical (unpaired) electrons. The third-order valence-corrected chi connectivity index (χ3v) is 3.08. The molecule has 2 rings (SSSR count). The summed E-state index contributed by atoms with van der Waals surface area (Å²) in [6.07, 6.45) is 0.880. The van der Waals surface area contributed by atoms with Gasteiger partial charge >= 0.3 is 5.97 Å². The molecule has 0 aliphatic rings. The van der Waals surface area contributed by atoms with Crippen molar-refractivity contribution in [2.75, 3.05) is 14.2 Å². The van der Waals surface area contributed by atoms with E-state index in [1.165, 1.54) is 0 Å². The zero-order chi connectivity index (χ0) is 15.1. The van der Waals surface area contributed by atoms with Gasteiger partial charge in [-0.3, -0.25) is 4.79 Å². The number of carbonyl (C=O) groups is 1. The van der Waals surface area contributed by atoms with Crippen LogP contribution in [-0.4, -0.2) is 20.2 Å². The Morgan fingerprint density at radius 1 is 0.905 bits per heavy atom. The van der Waals surface area contributed by atoms with Crippen molar-refractivity contribution in [3.05, 3.63) is 54.1 Å². The quantitative estimate of drug-likeness (QED) is 0.604. The van der Waals surface area contributed by atoms with Gasteiger partial charge in [0.25, 0.3) is 0 Å². The zero-order valence-electron chi connectivity index (χ0n) is 12.2. The van der Waals surface area contributed by atoms with Gasteiger partial charge in [0.2, 0.25) is 0 Å². The van der Waals surface area contributed by atoms with Gasteiger partial charge in [0.1, 0.15) is 17.2 Å². The van der Waals surface area contributed by atoms with Gasteiger partial charge in [-0.2, -0.15) is 0 Å². The lowest BCUT2D eigenvalue weighted by atomic mass is 10.1. The molecule has 0 aliphatic carbocycles. The number of methoxy groups -OCH3 is 2. The van der Waals surface area contributed by atoms with Gasteiger partial charge < -0.3 is 14.2 Å². The predicted octanol–water partition coefficient (Wildman–Crippen LogP) is 3.24. The van der Waals surface area contributed by atoms with Crippen molar-refractivity contribution in [2.45, 2.75) is 12.8 Å². The van der Waals surface area contributed by atoms with Crippen molar-refractivity contribution in [2.24, 2.45) is 0 Å². The summed E-state index contributed by atoms with van der Waals surface area (Å²) in [5.41, 5.74) is 0.992. The molecule has 21 heavy (non-hydrogen) atoms. The maximum Gasteiger partial charge on any atom is 0.311 e. The molecule has 0 atom stereocenters. The van der Waals surface area contributed by atoms with E-state index in [-0.39, 0.29) is 5.97 Å². The van der Waals surface area contributed by atoms with Crippen LogP contribution in [0, 0.1) is 0 Å². The summed E-state index contributed by atoms with van der Waals surface area (Å²) in [5.74, 6) is 1.76. The van der Waals surface area contributed by atoms with E-state index in [9.17, 15) is 4.79 Å². The van der Waals surface area contributed by atoms with Crippen molar-refractivity contribution in [1.29, 1.82) is 0 Å². The Bertz CT molecular complexity index is 590. The van der Waals surface area contributed by atoms with E-state index in [1.807, 2.05) is 24.3 Å². The molecule has 2 aromatic rings. The Balaban J connectivity index is 1.89. The Morgan fingerprint density at radius 2 is 1.57 bits per heavy atom. The summed E-state index contributed by atoms with van der Waals surface area (Å²) in [6.45, 7) is 0. The smallest absolute Gasteiger partial charge is 0.311 e. The lowest BCUT2D eigenvalue weighted by Crippen LogP contribution is -2.09. The fourth-order valence-corrected chi connectivity index (χ4v) is 1.97. The Hall–Kier alpha value is -2.49. The number of hydrogen-bond donors (Lipinski definition) is 0. The molecule has 0 bridgehead atoms. The molecule has 0 amide bonds. The van der Waals surface area contributed by atoms with E-state index in [4.69, 9.17) is 14.2 Å². The van der Waals surface area contributed by atoms with Crippen LogP contribution < -0.4 is 14.2 Å². The maximum absolute atomic E-state index is 11.8. The number of ether oxygens (including phenoxy) is 3. The molecule has 4 heteroatoms. The molecular weight excluding hydrogens is 268 g/mol. The molecule has 0 heterocycles. The van der Waals surface area contributed by atoms with E-state index < -0.39 is 0 Å². The molecule has 0 spiro atoms. The van der Waals surface area contributed by atoms with Gasteiger partial charge in [-0.1, -0.05) is 18.2 Å². The maximum atomic E-state index is 11.8. The molecule has 4 nitrogen and oxygen atoms in total. The van der Waals surface area contributed by atoms with Gasteiger partial charge in [-0.25, -0.2) is 0 Å². The van der Waals surface area contributed by atoms with Crippen LogP contribution in [0.5, 0.6) is 17.2 Å². The normalized spacial score (nSPS) is 10.0. The van der Waals surface area contributed by atoms with Crippen LogP contribution >= 0.6 is 0 Å². The third kappa shape index (κ3) is 4.24. The summed E-state index contributed by atoms with van der Waals surface area (Å²) in [5, 5.41) is 0. The highest BCUT2D eigenvalue weighted by Crippen LogP contribution is 2.20. The first-order valence-electron chi connectivity index (χ1n) is 6.69. The lowest BCUT2D eigenvalue weighted by Gasteiger charge is -2.08. The molecule has 0 fully saturated rings. The van der Waals surface area contributed by atoms with Crippen molar-refractivity contribution in [3.63, 3.8) is 0 Å². The highest BCUT2D eigenvalue weighted by molar-refractivity contribution is 5.72. The first-order chi connectivity index (χ1) is 10.2. The Morgan fingerprint density at radius 3 is 2.24 bits per heavy atom. The number of benzene rings is 2. The van der Waals surface area contributed by atoms with Crippen LogP contribution in [0.25, 0.3) is 0 Å². The third-order valence-electron chi connectivity index (χ3n) is 3.08. The van der Waals surface area contributed by atoms with Crippen molar-refractivity contribution >= 4 is 5.97 Å². The first kappa shape index (κ1) is 14.9. The molecule has 110 valence electrons. The standard InChI is InChI=1S/C17H18O4/c1-19-14-8-10-15(11-9-14)21-17(18)12-7-13-5-3-4-6-16(13)20-2/h3-6,8-11H,7,12H2,1-2H3. The van der Waals surface area contributed by atoms with Gasteiger partial charge in [0.15, 0.2) is 0 Å². The van der Waals surface area contributed by atoms with E-state index in [0.29, 0.717) is 18.6 Å². The Labute approximate surface area is 124 Å². The van der Waals surface area contributed by atoms with Crippen molar-refractivity contribution in [1.82, 2.24) is 0 Å². The molecule has 0 N–H and O–H groups in total. The molecule has 0 aromatic heterocycles. The SMILES string of the molecule is COc1ccc(OC(=O)CCc2ccccc2OC)cc1. The average Bonchev–Trinajstić information content (AvgIpc) is 2.54. The van der Waals surface area contributed by atoms with Crippen LogP contribution in [0.4, 0.5) is 0 Å². The highest BCUT2D eigenvalue weighted by Gasteiger charge is 2.08. The van der Waals surface area contributed by atoms with Gasteiger partial charge in [0.05, 0.1) is 20.6 Å². The second kappa shape index (κ2) is 7.33. The van der Waals surface area contributed by atoms with Crippen molar-refractivity contribution < 1.29 is 19.0 Å². The predicted molar refractivity (Wildman–Crippen MR) is 79.9 cm³/mol. The number of aryl methyl sites for hydroxylation is 1. The van der Waals surface area contributed by atoms with E-state index in [1.54, 1.807) is 38.5 Å². The van der Waals surface area contributed by atoms with Gasteiger partial charge in [-0.05, 0) is 42.3 Å². The molecule has 0 aliphatic heterocycles. The van der Waals surface area contributed by atoms with E-state index in [0.717, 1.165) is 17.1 Å². The molecular formula is C17H18O4. The largest absolute Gasteiger partial charge is 0.497 e. The second-order valence-electron chi connectivity index (χ2n) is 4.46. The minimum atomic E-state index is -0.272. The fraction of sp³-hybridized carbons (Fsp3) is 0.235. The second-order valence-corrected chi connectivity index (χ2v) is 4.46. The minimum absolute atomic E-state index is 0.272. The first-order valence-corrected chi connectivity index (χ1v) is 6.69. The summed E-state index contributed by atoms with van der Waals surface area (Å²) in [7, 11) is 3.21. The van der Waals surface area contributed by atoms with E-state index >= 15 is 0 Å². The number of carbonyl (C=O) groups excluding carboxylic acids is 1. The summed E-state index contributed by atoms with van der Waals surface area (Å²) >= 11 is 0. The van der Waals surface area contributed by atoms with Gasteiger partial charge in [-0.15, -0.1) is 0 Å². The van der Waals surface area contributed by atoms with Crippen LogP contribution in [0.15, 0.2) is 48.5 Å². The Kier molecular flexibility index (Phi) is 5.21. The lowest BCUT2D eigenvalue weighted by molar-refractivity contribution is -0.134. The van der Waals surface area contributed by atoms with Crippen LogP contribution in [0.1, 0.15) is 12.0 Å². The summed E-state index contributed by atoms with van der Waals surface area (Å²) in [6, 6.07) is 14.6. The number of hydrogen-bond acceptors (Lipinski definition) is 4. The molecule has 0 unspecified atom stereocenters. The van der Waals surface area contributed by atoms with Crippen LogP contribution in [-0.2, 0) is 11.2 Å². The fourth-order valence-electron chi connectivity index (χ4n) is 1.97. The average molecular weight is 286 g/mol. The van der Waals surface area contributed by atoms with Crippen LogP contribution in [0.2, 0.25) is 0 Å². The highest BCUT2D eigenvalue weighted by atomic mass is 16.5. The molecule has 2 aromatic carbocycles. The number of rotatable bonds is 6. The topological polar surface area (TPSA) is 44.8 Å². The molecule has 0 saturated carbocycles. The van der Waals surface area contributed by atoms with Crippen LogP contribution in [0.3, 0.4) is 0 Å². The zero-order valence-corrected chi connectivity index (χ0v) is 12.2. The van der Waals surface area contributed by atoms with E-state index in [2.05, 4.69) is 0 Å². The summed E-state index contributed by atoms with van der Waals surface area (Å²) in [4.78, 5) is 11.8.